The Kier molecular flexibility index (Phi) is 3.15. The molecule has 4 rings (SSSR count). The van der Waals surface area contributed by atoms with E-state index in [1.54, 1.807) is 12.3 Å². The van der Waals surface area contributed by atoms with Crippen molar-refractivity contribution in [3.8, 4) is 0 Å². The highest BCUT2D eigenvalue weighted by molar-refractivity contribution is 5.90. The molecule has 0 radical (unpaired) electrons. The number of rotatable bonds is 4. The zero-order chi connectivity index (χ0) is 16.0. The van der Waals surface area contributed by atoms with Gasteiger partial charge >= 0.3 is 5.97 Å². The van der Waals surface area contributed by atoms with Gasteiger partial charge in [-0.15, -0.1) is 0 Å². The topological polar surface area (TPSA) is 68.0 Å². The van der Waals surface area contributed by atoms with Crippen LogP contribution in [0.4, 0.5) is 0 Å². The molecule has 5 heteroatoms. The Balaban J connectivity index is 1.83. The summed E-state index contributed by atoms with van der Waals surface area (Å²) in [6.45, 7) is 2.06. The molecule has 0 atom stereocenters. The molecular weight excluding hydrogens is 290 g/mol. The highest BCUT2D eigenvalue weighted by atomic mass is 16.4. The largest absolute Gasteiger partial charge is 0.478 e. The Morgan fingerprint density at radius 2 is 2.17 bits per heavy atom. The summed E-state index contributed by atoms with van der Waals surface area (Å²) < 4.78 is 2.10. The van der Waals surface area contributed by atoms with E-state index in [1.165, 1.54) is 11.8 Å². The molecule has 5 nitrogen and oxygen atoms in total. The number of hydrogen-bond acceptors (Lipinski definition) is 3. The molecule has 1 aromatic carbocycles. The van der Waals surface area contributed by atoms with Gasteiger partial charge in [0.15, 0.2) is 0 Å². The number of aryl methyl sites for hydroxylation is 1. The van der Waals surface area contributed by atoms with Crippen LogP contribution in [0, 0.1) is 6.92 Å². The average molecular weight is 307 g/mol. The second-order valence-electron chi connectivity index (χ2n) is 6.16. The maximum absolute atomic E-state index is 11.4. The zero-order valence-corrected chi connectivity index (χ0v) is 12.9. The third-order valence-electron chi connectivity index (χ3n) is 4.32. The lowest BCUT2D eigenvalue weighted by Gasteiger charge is -2.03. The van der Waals surface area contributed by atoms with Crippen molar-refractivity contribution in [1.82, 2.24) is 14.8 Å². The molecule has 0 amide bonds. The van der Waals surface area contributed by atoms with Crippen molar-refractivity contribution in [1.29, 1.82) is 0 Å². The summed E-state index contributed by atoms with van der Waals surface area (Å²) in [5.74, 6) is -0.926. The van der Waals surface area contributed by atoms with Crippen LogP contribution in [0.2, 0.25) is 0 Å². The van der Waals surface area contributed by atoms with Crippen LogP contribution in [-0.2, 0) is 6.42 Å². The second kappa shape index (κ2) is 5.19. The first-order chi connectivity index (χ1) is 11.1. The van der Waals surface area contributed by atoms with Crippen LogP contribution in [-0.4, -0.2) is 25.8 Å². The van der Waals surface area contributed by atoms with Gasteiger partial charge in [0.1, 0.15) is 0 Å². The SMILES string of the molecule is Cc1ccc2c(c1)c(Cc1cnccc1C(=O)O)nn2C1CC1. The summed E-state index contributed by atoms with van der Waals surface area (Å²) in [4.78, 5) is 15.5. The van der Waals surface area contributed by atoms with Crippen molar-refractivity contribution in [3.63, 3.8) is 0 Å². The fraction of sp³-hybridized carbons (Fsp3) is 0.278. The number of carboxylic acid groups (broad SMARTS) is 1. The van der Waals surface area contributed by atoms with E-state index in [1.807, 2.05) is 0 Å². The van der Waals surface area contributed by atoms with Gasteiger partial charge < -0.3 is 5.11 Å². The lowest BCUT2D eigenvalue weighted by molar-refractivity contribution is 0.0695. The van der Waals surface area contributed by atoms with E-state index in [9.17, 15) is 9.90 Å². The normalized spacial score (nSPS) is 14.3. The van der Waals surface area contributed by atoms with Crippen LogP contribution >= 0.6 is 0 Å². The van der Waals surface area contributed by atoms with Crippen LogP contribution in [0.1, 0.15) is 46.1 Å². The van der Waals surface area contributed by atoms with Crippen LogP contribution in [0.5, 0.6) is 0 Å². The van der Waals surface area contributed by atoms with Crippen LogP contribution in [0.25, 0.3) is 10.9 Å². The molecule has 0 aliphatic heterocycles. The van der Waals surface area contributed by atoms with Gasteiger partial charge in [0.2, 0.25) is 0 Å². The van der Waals surface area contributed by atoms with E-state index in [2.05, 4.69) is 34.8 Å². The predicted octanol–water partition coefficient (Wildman–Crippen LogP) is 3.36. The molecule has 0 spiro atoms. The quantitative estimate of drug-likeness (QED) is 0.802. The summed E-state index contributed by atoms with van der Waals surface area (Å²) >= 11 is 0. The highest BCUT2D eigenvalue weighted by Gasteiger charge is 2.27. The highest BCUT2D eigenvalue weighted by Crippen LogP contribution is 2.38. The predicted molar refractivity (Wildman–Crippen MR) is 86.7 cm³/mol. The molecule has 3 aromatic rings. The number of aromatic carboxylic acids is 1. The van der Waals surface area contributed by atoms with Gasteiger partial charge in [-0.1, -0.05) is 11.6 Å². The van der Waals surface area contributed by atoms with Gasteiger partial charge in [0.05, 0.1) is 22.8 Å². The minimum absolute atomic E-state index is 0.293. The molecule has 1 aliphatic rings. The van der Waals surface area contributed by atoms with Crippen LogP contribution in [0.3, 0.4) is 0 Å². The van der Waals surface area contributed by atoms with Crippen molar-refractivity contribution in [2.24, 2.45) is 0 Å². The molecule has 0 bridgehead atoms. The van der Waals surface area contributed by atoms with Crippen molar-refractivity contribution < 1.29 is 9.90 Å². The lowest BCUT2D eigenvalue weighted by Crippen LogP contribution is -2.04. The third-order valence-corrected chi connectivity index (χ3v) is 4.32. The zero-order valence-electron chi connectivity index (χ0n) is 12.9. The molecule has 1 fully saturated rings. The lowest BCUT2D eigenvalue weighted by atomic mass is 10.0. The fourth-order valence-electron chi connectivity index (χ4n) is 3.00. The molecule has 2 aromatic heterocycles. The van der Waals surface area contributed by atoms with Crippen LogP contribution < -0.4 is 0 Å². The first-order valence-electron chi connectivity index (χ1n) is 7.77. The van der Waals surface area contributed by atoms with Gasteiger partial charge in [-0.2, -0.15) is 5.10 Å². The van der Waals surface area contributed by atoms with Crippen LogP contribution in [0.15, 0.2) is 36.7 Å². The number of benzene rings is 1. The molecule has 1 N–H and O–H groups in total. The van der Waals surface area contributed by atoms with Gasteiger partial charge in [0.25, 0.3) is 0 Å². The minimum Gasteiger partial charge on any atom is -0.478 e. The fourth-order valence-corrected chi connectivity index (χ4v) is 3.00. The number of hydrogen-bond donors (Lipinski definition) is 1. The number of aromatic nitrogens is 3. The number of nitrogens with zero attached hydrogens (tertiary/aromatic N) is 3. The average Bonchev–Trinajstić information content (AvgIpc) is 3.32. The Hall–Kier alpha value is -2.69. The number of carbonyl (C=O) groups is 1. The summed E-state index contributed by atoms with van der Waals surface area (Å²) in [6.07, 6.45) is 5.95. The van der Waals surface area contributed by atoms with Gasteiger partial charge in [-0.3, -0.25) is 9.67 Å². The smallest absolute Gasteiger partial charge is 0.336 e. The molecule has 1 aliphatic carbocycles. The van der Waals surface area contributed by atoms with Crippen molar-refractivity contribution in [2.45, 2.75) is 32.2 Å². The number of pyridine rings is 1. The molecule has 0 unspecified atom stereocenters. The van der Waals surface area contributed by atoms with E-state index in [0.29, 0.717) is 23.6 Å². The standard InChI is InChI=1S/C18H17N3O2/c1-11-2-5-17-15(8-11)16(20-21(17)13-3-4-13)9-12-10-19-7-6-14(12)18(22)23/h2,5-8,10,13H,3-4,9H2,1H3,(H,22,23). The summed E-state index contributed by atoms with van der Waals surface area (Å²) in [7, 11) is 0. The van der Waals surface area contributed by atoms with E-state index >= 15 is 0 Å². The number of fused-ring (bicyclic) bond motifs is 1. The minimum atomic E-state index is -0.926. The Morgan fingerprint density at radius 1 is 1.35 bits per heavy atom. The van der Waals surface area contributed by atoms with Crippen molar-refractivity contribution in [2.75, 3.05) is 0 Å². The Labute approximate surface area is 133 Å². The Morgan fingerprint density at radius 3 is 2.91 bits per heavy atom. The molecule has 116 valence electrons. The maximum atomic E-state index is 11.4. The molecule has 1 saturated carbocycles. The third kappa shape index (κ3) is 2.48. The Bertz CT molecular complexity index is 910. The summed E-state index contributed by atoms with van der Waals surface area (Å²) in [6, 6.07) is 8.37. The first-order valence-corrected chi connectivity index (χ1v) is 7.77. The summed E-state index contributed by atoms with van der Waals surface area (Å²) in [5, 5.41) is 15.2. The van der Waals surface area contributed by atoms with E-state index in [4.69, 9.17) is 5.10 Å². The summed E-state index contributed by atoms with van der Waals surface area (Å²) in [5.41, 5.74) is 4.23. The van der Waals surface area contributed by atoms with Gasteiger partial charge in [0, 0.05) is 24.2 Å². The molecule has 23 heavy (non-hydrogen) atoms. The van der Waals surface area contributed by atoms with Gasteiger partial charge in [-0.25, -0.2) is 4.79 Å². The van der Waals surface area contributed by atoms with Crippen molar-refractivity contribution >= 4 is 16.9 Å². The van der Waals surface area contributed by atoms with E-state index in [0.717, 1.165) is 29.4 Å². The number of carboxylic acids is 1. The molecular formula is C18H17N3O2. The van der Waals surface area contributed by atoms with E-state index < -0.39 is 5.97 Å². The second-order valence-corrected chi connectivity index (χ2v) is 6.16. The van der Waals surface area contributed by atoms with Crippen molar-refractivity contribution in [3.05, 3.63) is 59.0 Å². The monoisotopic (exact) mass is 307 g/mol. The maximum Gasteiger partial charge on any atom is 0.336 e. The first kappa shape index (κ1) is 13.9. The molecule has 0 saturated heterocycles. The van der Waals surface area contributed by atoms with E-state index in [-0.39, 0.29) is 0 Å². The molecule has 2 heterocycles. The van der Waals surface area contributed by atoms with Gasteiger partial charge in [-0.05, 0) is 43.5 Å².